The fourth-order valence-electron chi connectivity index (χ4n) is 1.49. The van der Waals surface area contributed by atoms with Gasteiger partial charge in [-0.2, -0.15) is 0 Å². The average Bonchev–Trinajstić information content (AvgIpc) is 2.37. The van der Waals surface area contributed by atoms with Gasteiger partial charge in [0.25, 0.3) is 5.91 Å². The topological polar surface area (TPSA) is 64.3 Å². The highest BCUT2D eigenvalue weighted by Crippen LogP contribution is 2.23. The zero-order chi connectivity index (χ0) is 15.3. The molecule has 1 aromatic rings. The van der Waals surface area contributed by atoms with Crippen molar-refractivity contribution < 1.29 is 9.53 Å². The molecule has 110 valence electrons. The largest absolute Gasteiger partial charge is 0.481 e. The lowest BCUT2D eigenvalue weighted by molar-refractivity contribution is -0.127. The molecule has 0 aromatic heterocycles. The Morgan fingerprint density at radius 2 is 2.15 bits per heavy atom. The van der Waals surface area contributed by atoms with Gasteiger partial charge in [0.1, 0.15) is 10.7 Å². The zero-order valence-corrected chi connectivity index (χ0v) is 13.3. The van der Waals surface area contributed by atoms with Crippen LogP contribution in [0.15, 0.2) is 18.2 Å². The van der Waals surface area contributed by atoms with Crippen LogP contribution in [0.5, 0.6) is 5.75 Å². The van der Waals surface area contributed by atoms with Crippen molar-refractivity contribution in [2.75, 3.05) is 0 Å². The lowest BCUT2D eigenvalue weighted by Gasteiger charge is -2.18. The van der Waals surface area contributed by atoms with E-state index < -0.39 is 6.10 Å². The Hall–Kier alpha value is -1.33. The molecule has 0 aliphatic carbocycles. The number of hydrogen-bond acceptors (Lipinski definition) is 3. The van der Waals surface area contributed by atoms with Crippen molar-refractivity contribution in [2.24, 2.45) is 5.73 Å². The monoisotopic (exact) mass is 314 g/mol. The molecule has 0 spiro atoms. The molecule has 1 amide bonds. The van der Waals surface area contributed by atoms with E-state index in [9.17, 15) is 4.79 Å². The molecule has 20 heavy (non-hydrogen) atoms. The van der Waals surface area contributed by atoms with Gasteiger partial charge in [0.05, 0.1) is 5.02 Å². The Bertz CT molecular complexity index is 508. The lowest BCUT2D eigenvalue weighted by Crippen LogP contribution is -2.40. The van der Waals surface area contributed by atoms with E-state index in [0.29, 0.717) is 16.3 Å². The van der Waals surface area contributed by atoms with Crippen molar-refractivity contribution in [1.29, 1.82) is 0 Å². The zero-order valence-electron chi connectivity index (χ0n) is 11.8. The second-order valence-corrected chi connectivity index (χ2v) is 5.43. The van der Waals surface area contributed by atoms with Gasteiger partial charge in [0, 0.05) is 11.6 Å². The summed E-state index contributed by atoms with van der Waals surface area (Å²) in [5.41, 5.74) is 6.11. The van der Waals surface area contributed by atoms with E-state index in [1.807, 2.05) is 13.8 Å². The van der Waals surface area contributed by atoms with Gasteiger partial charge in [-0.25, -0.2) is 0 Å². The summed E-state index contributed by atoms with van der Waals surface area (Å²) in [5, 5.41) is 3.26. The fourth-order valence-corrected chi connectivity index (χ4v) is 2.00. The van der Waals surface area contributed by atoms with Gasteiger partial charge in [-0.15, -0.1) is 0 Å². The summed E-state index contributed by atoms with van der Waals surface area (Å²) in [5.74, 6) is 0.343. The third-order valence-electron chi connectivity index (χ3n) is 2.89. The molecule has 0 aliphatic heterocycles. The standard InChI is InChI=1S/C14H19ClN2O2S/c1-4-8(2)17-14(18)9(3)19-10-5-6-11(13(16)20)12(15)7-10/h5-9H,4H2,1-3H3,(H2,16,20)(H,17,18). The van der Waals surface area contributed by atoms with Crippen LogP contribution in [-0.2, 0) is 4.79 Å². The molecule has 0 fully saturated rings. The SMILES string of the molecule is CCC(C)NC(=O)C(C)Oc1ccc(C(N)=S)c(Cl)c1. The van der Waals surface area contributed by atoms with Crippen LogP contribution in [0.2, 0.25) is 5.02 Å². The van der Waals surface area contributed by atoms with Crippen molar-refractivity contribution in [3.8, 4) is 5.75 Å². The molecular formula is C14H19ClN2O2S. The third-order valence-corrected chi connectivity index (χ3v) is 3.42. The molecule has 0 saturated carbocycles. The molecule has 1 aromatic carbocycles. The normalized spacial score (nSPS) is 13.4. The van der Waals surface area contributed by atoms with Crippen LogP contribution in [0.25, 0.3) is 0 Å². The highest BCUT2D eigenvalue weighted by atomic mass is 35.5. The Kier molecular flexibility index (Phi) is 6.23. The van der Waals surface area contributed by atoms with E-state index >= 15 is 0 Å². The summed E-state index contributed by atoms with van der Waals surface area (Å²) in [6.45, 7) is 5.64. The van der Waals surface area contributed by atoms with Gasteiger partial charge in [-0.05, 0) is 38.5 Å². The number of carbonyl (C=O) groups is 1. The predicted octanol–water partition coefficient (Wildman–Crippen LogP) is 2.66. The summed E-state index contributed by atoms with van der Waals surface area (Å²) in [6.07, 6.45) is 0.267. The molecule has 3 N–H and O–H groups in total. The van der Waals surface area contributed by atoms with Crippen LogP contribution >= 0.6 is 23.8 Å². The predicted molar refractivity (Wildman–Crippen MR) is 85.3 cm³/mol. The van der Waals surface area contributed by atoms with E-state index in [1.165, 1.54) is 0 Å². The number of nitrogens with one attached hydrogen (secondary N) is 1. The molecule has 1 rings (SSSR count). The molecule has 4 nitrogen and oxygen atoms in total. The second kappa shape index (κ2) is 7.45. The molecule has 0 aliphatic rings. The summed E-state index contributed by atoms with van der Waals surface area (Å²) in [6, 6.07) is 5.09. The minimum absolute atomic E-state index is 0.120. The first-order valence-corrected chi connectivity index (χ1v) is 7.20. The highest BCUT2D eigenvalue weighted by Gasteiger charge is 2.16. The fraction of sp³-hybridized carbons (Fsp3) is 0.429. The van der Waals surface area contributed by atoms with E-state index in [-0.39, 0.29) is 16.9 Å². The Morgan fingerprint density at radius 1 is 1.50 bits per heavy atom. The van der Waals surface area contributed by atoms with Crippen LogP contribution in [-0.4, -0.2) is 23.0 Å². The third kappa shape index (κ3) is 4.65. The van der Waals surface area contributed by atoms with E-state index in [4.69, 9.17) is 34.3 Å². The van der Waals surface area contributed by atoms with Gasteiger partial charge >= 0.3 is 0 Å². The van der Waals surface area contributed by atoms with Gasteiger partial charge in [-0.1, -0.05) is 30.7 Å². The first kappa shape index (κ1) is 16.7. The number of benzene rings is 1. The number of halogens is 1. The number of ether oxygens (including phenoxy) is 1. The van der Waals surface area contributed by atoms with E-state index in [1.54, 1.807) is 25.1 Å². The van der Waals surface area contributed by atoms with Crippen molar-refractivity contribution in [2.45, 2.75) is 39.3 Å². The molecule has 2 atom stereocenters. The number of hydrogen-bond donors (Lipinski definition) is 2. The van der Waals surface area contributed by atoms with Crippen LogP contribution < -0.4 is 15.8 Å². The number of carbonyl (C=O) groups excluding carboxylic acids is 1. The quantitative estimate of drug-likeness (QED) is 0.792. The maximum Gasteiger partial charge on any atom is 0.260 e. The van der Waals surface area contributed by atoms with Crippen LogP contribution in [0.1, 0.15) is 32.8 Å². The minimum Gasteiger partial charge on any atom is -0.481 e. The summed E-state index contributed by atoms with van der Waals surface area (Å²) in [4.78, 5) is 12.1. The molecule has 0 bridgehead atoms. The summed E-state index contributed by atoms with van der Waals surface area (Å²) >= 11 is 10.9. The average molecular weight is 315 g/mol. The number of amides is 1. The maximum atomic E-state index is 11.9. The second-order valence-electron chi connectivity index (χ2n) is 4.58. The van der Waals surface area contributed by atoms with Gasteiger partial charge in [0.2, 0.25) is 0 Å². The van der Waals surface area contributed by atoms with Crippen molar-refractivity contribution in [1.82, 2.24) is 5.32 Å². The van der Waals surface area contributed by atoms with Gasteiger partial charge in [0.15, 0.2) is 6.10 Å². The Labute approximate surface area is 129 Å². The molecule has 2 unspecified atom stereocenters. The van der Waals surface area contributed by atoms with E-state index in [0.717, 1.165) is 6.42 Å². The molecule has 6 heteroatoms. The summed E-state index contributed by atoms with van der Waals surface area (Å²) < 4.78 is 5.56. The van der Waals surface area contributed by atoms with Gasteiger partial charge < -0.3 is 15.8 Å². The lowest BCUT2D eigenvalue weighted by atomic mass is 10.2. The van der Waals surface area contributed by atoms with Gasteiger partial charge in [-0.3, -0.25) is 4.79 Å². The first-order chi connectivity index (χ1) is 9.35. The smallest absolute Gasteiger partial charge is 0.260 e. The number of thiocarbonyl (C=S) groups is 1. The van der Waals surface area contributed by atoms with Crippen LogP contribution in [0.3, 0.4) is 0 Å². The number of rotatable bonds is 6. The van der Waals surface area contributed by atoms with E-state index in [2.05, 4.69) is 5.32 Å². The van der Waals surface area contributed by atoms with Crippen LogP contribution in [0.4, 0.5) is 0 Å². The first-order valence-electron chi connectivity index (χ1n) is 6.41. The maximum absolute atomic E-state index is 11.9. The Balaban J connectivity index is 2.71. The molecule has 0 heterocycles. The molecule has 0 saturated heterocycles. The number of nitrogens with two attached hydrogens (primary N) is 1. The van der Waals surface area contributed by atoms with Crippen molar-refractivity contribution in [3.05, 3.63) is 28.8 Å². The van der Waals surface area contributed by atoms with Crippen molar-refractivity contribution in [3.63, 3.8) is 0 Å². The molecule has 0 radical (unpaired) electrons. The summed E-state index contributed by atoms with van der Waals surface area (Å²) in [7, 11) is 0. The van der Waals surface area contributed by atoms with Crippen LogP contribution in [0, 0.1) is 0 Å². The minimum atomic E-state index is -0.601. The highest BCUT2D eigenvalue weighted by molar-refractivity contribution is 7.80. The Morgan fingerprint density at radius 3 is 2.65 bits per heavy atom. The molecular weight excluding hydrogens is 296 g/mol. The van der Waals surface area contributed by atoms with Crippen molar-refractivity contribution >= 4 is 34.7 Å².